The minimum Gasteiger partial charge on any atom is -0.478 e. The van der Waals surface area contributed by atoms with E-state index >= 15 is 0 Å². The van der Waals surface area contributed by atoms with Crippen LogP contribution in [0.15, 0.2) is 4.99 Å². The second-order valence-electron chi connectivity index (χ2n) is 5.12. The fraction of sp³-hybridized carbons (Fsp3) is 0.923. The van der Waals surface area contributed by atoms with E-state index in [-0.39, 0.29) is 5.54 Å². The van der Waals surface area contributed by atoms with Crippen molar-refractivity contribution < 1.29 is 4.74 Å². The maximum atomic E-state index is 5.55. The zero-order valence-electron chi connectivity index (χ0n) is 10.5. The van der Waals surface area contributed by atoms with Gasteiger partial charge in [0.15, 0.2) is 5.90 Å². The number of ether oxygens (including phenoxy) is 1. The highest BCUT2D eigenvalue weighted by atomic mass is 16.5. The van der Waals surface area contributed by atoms with Crippen molar-refractivity contribution in [3.63, 3.8) is 0 Å². The van der Waals surface area contributed by atoms with E-state index in [9.17, 15) is 0 Å². The summed E-state index contributed by atoms with van der Waals surface area (Å²) in [5, 5.41) is 0. The van der Waals surface area contributed by atoms with Crippen LogP contribution in [0, 0.1) is 0 Å². The Morgan fingerprint density at radius 3 is 2.40 bits per heavy atom. The molecule has 0 atom stereocenters. The lowest BCUT2D eigenvalue weighted by molar-refractivity contribution is 0.273. The predicted molar refractivity (Wildman–Crippen MR) is 65.5 cm³/mol. The number of aliphatic imine (C=N–C) groups is 1. The Balaban J connectivity index is 2.01. The lowest BCUT2D eigenvalue weighted by Crippen LogP contribution is -2.17. The molecule has 0 saturated heterocycles. The molecule has 0 bridgehead atoms. The molecule has 0 saturated carbocycles. The van der Waals surface area contributed by atoms with Crippen LogP contribution in [0.25, 0.3) is 0 Å². The average molecular weight is 211 g/mol. The molecule has 0 fully saturated rings. The van der Waals surface area contributed by atoms with Crippen molar-refractivity contribution in [2.75, 3.05) is 6.61 Å². The van der Waals surface area contributed by atoms with Crippen molar-refractivity contribution in [2.45, 2.75) is 71.3 Å². The number of hydrogen-bond acceptors (Lipinski definition) is 2. The molecule has 2 nitrogen and oxygen atoms in total. The average Bonchev–Trinajstić information content (AvgIpc) is 2.52. The highest BCUT2D eigenvalue weighted by Crippen LogP contribution is 2.19. The Bertz CT molecular complexity index is 209. The van der Waals surface area contributed by atoms with Crippen LogP contribution in [-0.4, -0.2) is 18.0 Å². The Morgan fingerprint density at radius 1 is 1.13 bits per heavy atom. The summed E-state index contributed by atoms with van der Waals surface area (Å²) in [4.78, 5) is 4.55. The SMILES string of the molecule is CCCCCCCCC1=NC(C)(C)CO1. The maximum Gasteiger partial charge on any atom is 0.183 e. The van der Waals surface area contributed by atoms with Gasteiger partial charge in [-0.1, -0.05) is 39.0 Å². The monoisotopic (exact) mass is 211 g/mol. The number of nitrogens with zero attached hydrogens (tertiary/aromatic N) is 1. The summed E-state index contributed by atoms with van der Waals surface area (Å²) in [6, 6.07) is 0. The second-order valence-corrected chi connectivity index (χ2v) is 5.12. The first-order chi connectivity index (χ1) is 7.14. The molecule has 15 heavy (non-hydrogen) atoms. The molecule has 0 aromatic carbocycles. The first-order valence-electron chi connectivity index (χ1n) is 6.35. The van der Waals surface area contributed by atoms with Gasteiger partial charge in [0, 0.05) is 6.42 Å². The van der Waals surface area contributed by atoms with Gasteiger partial charge in [-0.2, -0.15) is 0 Å². The van der Waals surface area contributed by atoms with Crippen molar-refractivity contribution in [1.82, 2.24) is 0 Å². The van der Waals surface area contributed by atoms with Gasteiger partial charge in [-0.3, -0.25) is 0 Å². The van der Waals surface area contributed by atoms with E-state index < -0.39 is 0 Å². The van der Waals surface area contributed by atoms with Crippen molar-refractivity contribution in [3.8, 4) is 0 Å². The van der Waals surface area contributed by atoms with Crippen LogP contribution in [-0.2, 0) is 4.74 Å². The van der Waals surface area contributed by atoms with Crippen LogP contribution >= 0.6 is 0 Å². The molecule has 0 aliphatic carbocycles. The molecule has 0 amide bonds. The van der Waals surface area contributed by atoms with E-state index in [0.29, 0.717) is 0 Å². The normalized spacial score (nSPS) is 18.7. The molecular weight excluding hydrogens is 186 g/mol. The molecule has 1 aliphatic heterocycles. The maximum absolute atomic E-state index is 5.55. The summed E-state index contributed by atoms with van der Waals surface area (Å²) < 4.78 is 5.55. The Labute approximate surface area is 94.1 Å². The number of rotatable bonds is 7. The third-order valence-electron chi connectivity index (χ3n) is 2.76. The van der Waals surface area contributed by atoms with Gasteiger partial charge in [0.2, 0.25) is 0 Å². The third-order valence-corrected chi connectivity index (χ3v) is 2.76. The van der Waals surface area contributed by atoms with Crippen molar-refractivity contribution in [1.29, 1.82) is 0 Å². The van der Waals surface area contributed by atoms with Crippen LogP contribution in [0.5, 0.6) is 0 Å². The Morgan fingerprint density at radius 2 is 1.80 bits per heavy atom. The fourth-order valence-electron chi connectivity index (χ4n) is 1.85. The van der Waals surface area contributed by atoms with Crippen LogP contribution in [0.2, 0.25) is 0 Å². The van der Waals surface area contributed by atoms with Crippen molar-refractivity contribution in [3.05, 3.63) is 0 Å². The van der Waals surface area contributed by atoms with Crippen LogP contribution < -0.4 is 0 Å². The van der Waals surface area contributed by atoms with Crippen LogP contribution in [0.1, 0.15) is 65.7 Å². The lowest BCUT2D eigenvalue weighted by Gasteiger charge is -2.07. The Kier molecular flexibility index (Phi) is 5.13. The number of unbranched alkanes of at least 4 members (excludes halogenated alkanes) is 5. The van der Waals surface area contributed by atoms with Gasteiger partial charge in [0.25, 0.3) is 0 Å². The van der Waals surface area contributed by atoms with E-state index in [1.54, 1.807) is 0 Å². The molecule has 0 aromatic heterocycles. The zero-order valence-corrected chi connectivity index (χ0v) is 10.5. The van der Waals surface area contributed by atoms with Gasteiger partial charge in [-0.25, -0.2) is 4.99 Å². The quantitative estimate of drug-likeness (QED) is 0.584. The summed E-state index contributed by atoms with van der Waals surface area (Å²) in [7, 11) is 0. The Hall–Kier alpha value is -0.530. The molecule has 0 N–H and O–H groups in total. The van der Waals surface area contributed by atoms with Gasteiger partial charge in [-0.05, 0) is 20.3 Å². The first kappa shape index (κ1) is 12.5. The van der Waals surface area contributed by atoms with Gasteiger partial charge in [0.1, 0.15) is 6.61 Å². The molecule has 1 heterocycles. The highest BCUT2D eigenvalue weighted by molar-refractivity contribution is 5.78. The van der Waals surface area contributed by atoms with Gasteiger partial charge < -0.3 is 4.74 Å². The van der Waals surface area contributed by atoms with Crippen molar-refractivity contribution in [2.24, 2.45) is 4.99 Å². The molecule has 0 radical (unpaired) electrons. The molecule has 0 spiro atoms. The summed E-state index contributed by atoms with van der Waals surface area (Å²) in [6.07, 6.45) is 9.05. The van der Waals surface area contributed by atoms with Gasteiger partial charge in [0.05, 0.1) is 5.54 Å². The topological polar surface area (TPSA) is 21.6 Å². The van der Waals surface area contributed by atoms with E-state index in [2.05, 4.69) is 25.8 Å². The second kappa shape index (κ2) is 6.14. The van der Waals surface area contributed by atoms with E-state index in [1.165, 1.54) is 38.5 Å². The number of hydrogen-bond donors (Lipinski definition) is 0. The first-order valence-corrected chi connectivity index (χ1v) is 6.35. The molecule has 1 aliphatic rings. The van der Waals surface area contributed by atoms with Crippen LogP contribution in [0.4, 0.5) is 0 Å². The summed E-state index contributed by atoms with van der Waals surface area (Å²) in [5.74, 6) is 0.982. The van der Waals surface area contributed by atoms with Crippen LogP contribution in [0.3, 0.4) is 0 Å². The van der Waals surface area contributed by atoms with E-state index in [1.807, 2.05) is 0 Å². The van der Waals surface area contributed by atoms with E-state index in [0.717, 1.165) is 18.9 Å². The van der Waals surface area contributed by atoms with Crippen molar-refractivity contribution >= 4 is 5.90 Å². The van der Waals surface area contributed by atoms with E-state index in [4.69, 9.17) is 4.74 Å². The highest BCUT2D eigenvalue weighted by Gasteiger charge is 2.25. The standard InChI is InChI=1S/C13H25NO/c1-4-5-6-7-8-9-10-12-14-13(2,3)11-15-12/h4-11H2,1-3H3. The van der Waals surface area contributed by atoms with Gasteiger partial charge in [-0.15, -0.1) is 0 Å². The predicted octanol–water partition coefficient (Wildman–Crippen LogP) is 3.94. The fourth-order valence-corrected chi connectivity index (χ4v) is 1.85. The lowest BCUT2D eigenvalue weighted by atomic mass is 10.1. The molecule has 1 rings (SSSR count). The third kappa shape index (κ3) is 5.19. The largest absolute Gasteiger partial charge is 0.478 e. The molecule has 0 unspecified atom stereocenters. The van der Waals surface area contributed by atoms with Gasteiger partial charge >= 0.3 is 0 Å². The summed E-state index contributed by atoms with van der Waals surface area (Å²) in [6.45, 7) is 7.27. The molecule has 2 heteroatoms. The zero-order chi connectivity index (χ0) is 11.1. The molecular formula is C13H25NO. The minimum absolute atomic E-state index is 0.0253. The summed E-state index contributed by atoms with van der Waals surface area (Å²) in [5.41, 5.74) is 0.0253. The smallest absolute Gasteiger partial charge is 0.183 e. The summed E-state index contributed by atoms with van der Waals surface area (Å²) >= 11 is 0. The molecule has 0 aromatic rings. The molecule has 88 valence electrons. The minimum atomic E-state index is 0.0253.